The first kappa shape index (κ1) is 16.7. The normalized spacial score (nSPS) is 10.8. The lowest BCUT2D eigenvalue weighted by molar-refractivity contribution is -0.113. The number of benzene rings is 2. The first-order valence-electron chi connectivity index (χ1n) is 7.25. The summed E-state index contributed by atoms with van der Waals surface area (Å²) in [6.07, 6.45) is 0. The average molecular weight is 362 g/mol. The highest BCUT2D eigenvalue weighted by Crippen LogP contribution is 2.25. The van der Waals surface area contributed by atoms with Crippen LogP contribution in [0, 0.1) is 0 Å². The van der Waals surface area contributed by atoms with E-state index in [2.05, 4.69) is 10.3 Å². The van der Waals surface area contributed by atoms with Crippen molar-refractivity contribution in [3.8, 4) is 5.75 Å². The topological polar surface area (TPSA) is 56.1 Å². The number of hydrogen-bond donors (Lipinski definition) is 1. The number of hydrogen-bond acceptors (Lipinski definition) is 4. The number of aryl methyl sites for hydroxylation is 1. The number of anilines is 1. The third-order valence-corrected chi connectivity index (χ3v) is 4.77. The molecule has 0 aliphatic carbocycles. The van der Waals surface area contributed by atoms with Crippen molar-refractivity contribution in [1.29, 1.82) is 0 Å². The van der Waals surface area contributed by atoms with Crippen LogP contribution < -0.4 is 10.1 Å². The van der Waals surface area contributed by atoms with E-state index >= 15 is 0 Å². The number of ether oxygens (including phenoxy) is 1. The number of methoxy groups -OCH3 is 1. The summed E-state index contributed by atoms with van der Waals surface area (Å²) in [4.78, 5) is 16.6. The fourth-order valence-corrected chi connectivity index (χ4v) is 3.24. The van der Waals surface area contributed by atoms with Crippen molar-refractivity contribution in [2.75, 3.05) is 18.2 Å². The van der Waals surface area contributed by atoms with Crippen molar-refractivity contribution in [2.45, 2.75) is 5.16 Å². The Balaban J connectivity index is 1.64. The fourth-order valence-electron chi connectivity index (χ4n) is 2.28. The number of aromatic nitrogens is 2. The molecule has 1 heterocycles. The van der Waals surface area contributed by atoms with Gasteiger partial charge < -0.3 is 14.6 Å². The Morgan fingerprint density at radius 1 is 1.29 bits per heavy atom. The van der Waals surface area contributed by atoms with E-state index in [1.807, 2.05) is 29.8 Å². The molecule has 3 rings (SSSR count). The van der Waals surface area contributed by atoms with E-state index < -0.39 is 0 Å². The van der Waals surface area contributed by atoms with E-state index in [1.165, 1.54) is 11.8 Å². The molecular weight excluding hydrogens is 346 g/mol. The lowest BCUT2D eigenvalue weighted by Crippen LogP contribution is -2.14. The molecule has 24 heavy (non-hydrogen) atoms. The monoisotopic (exact) mass is 361 g/mol. The molecule has 5 nitrogen and oxygen atoms in total. The zero-order chi connectivity index (χ0) is 17.1. The van der Waals surface area contributed by atoms with Crippen LogP contribution in [0.1, 0.15) is 0 Å². The van der Waals surface area contributed by atoms with Crippen molar-refractivity contribution in [2.24, 2.45) is 7.05 Å². The molecule has 3 aromatic rings. The maximum Gasteiger partial charge on any atom is 0.234 e. The molecule has 124 valence electrons. The maximum absolute atomic E-state index is 12.1. The third kappa shape index (κ3) is 3.66. The highest BCUT2D eigenvalue weighted by molar-refractivity contribution is 7.99. The van der Waals surface area contributed by atoms with Gasteiger partial charge in [-0.2, -0.15) is 0 Å². The number of nitrogens with zero attached hydrogens (tertiary/aromatic N) is 2. The fraction of sp³-hybridized carbons (Fsp3) is 0.176. The third-order valence-electron chi connectivity index (χ3n) is 3.51. The number of thioether (sulfide) groups is 1. The highest BCUT2D eigenvalue weighted by atomic mass is 35.5. The minimum atomic E-state index is -0.0877. The number of nitrogens with one attached hydrogen (secondary N) is 1. The summed E-state index contributed by atoms with van der Waals surface area (Å²) in [6.45, 7) is 0. The molecule has 0 saturated carbocycles. The molecule has 0 bridgehead atoms. The molecule has 0 fully saturated rings. The van der Waals surface area contributed by atoms with Crippen molar-refractivity contribution in [1.82, 2.24) is 9.55 Å². The van der Waals surface area contributed by atoms with E-state index in [0.29, 0.717) is 5.02 Å². The number of halogens is 1. The van der Waals surface area contributed by atoms with Crippen molar-refractivity contribution in [3.63, 3.8) is 0 Å². The number of carbonyl (C=O) groups excluding carboxylic acids is 1. The van der Waals surface area contributed by atoms with Gasteiger partial charge in [-0.1, -0.05) is 23.4 Å². The summed E-state index contributed by atoms with van der Waals surface area (Å²) in [5, 5.41) is 4.28. The van der Waals surface area contributed by atoms with Crippen LogP contribution in [0.15, 0.2) is 47.6 Å². The molecule has 0 atom stereocenters. The van der Waals surface area contributed by atoms with Crippen LogP contribution in [0.4, 0.5) is 5.69 Å². The van der Waals surface area contributed by atoms with Gasteiger partial charge in [0.15, 0.2) is 5.16 Å². The van der Waals surface area contributed by atoms with Crippen LogP contribution in [-0.4, -0.2) is 28.3 Å². The Morgan fingerprint density at radius 3 is 2.75 bits per heavy atom. The second kappa shape index (κ2) is 7.15. The standard InChI is InChI=1S/C17H16ClN3O2S/c1-21-15-8-3-11(18)9-14(15)20-17(21)24-10-16(22)19-12-4-6-13(23-2)7-5-12/h3-9H,10H2,1-2H3,(H,19,22). The van der Waals surface area contributed by atoms with Gasteiger partial charge in [0.05, 0.1) is 23.9 Å². The number of rotatable bonds is 5. The summed E-state index contributed by atoms with van der Waals surface area (Å²) in [7, 11) is 3.53. The molecule has 1 amide bonds. The van der Waals surface area contributed by atoms with E-state index in [1.54, 1.807) is 31.4 Å². The molecule has 1 N–H and O–H groups in total. The van der Waals surface area contributed by atoms with Gasteiger partial charge in [0.1, 0.15) is 5.75 Å². The molecule has 1 aromatic heterocycles. The highest BCUT2D eigenvalue weighted by Gasteiger charge is 2.11. The van der Waals surface area contributed by atoms with E-state index in [0.717, 1.165) is 27.6 Å². The summed E-state index contributed by atoms with van der Waals surface area (Å²) >= 11 is 7.38. The summed E-state index contributed by atoms with van der Waals surface area (Å²) < 4.78 is 7.05. The Hall–Kier alpha value is -2.18. The molecule has 0 aliphatic heterocycles. The quantitative estimate of drug-likeness (QED) is 0.699. The Labute approximate surface area is 149 Å². The lowest BCUT2D eigenvalue weighted by atomic mass is 10.3. The SMILES string of the molecule is COc1ccc(NC(=O)CSc2nc3cc(Cl)ccc3n2C)cc1. The first-order valence-corrected chi connectivity index (χ1v) is 8.62. The molecule has 0 spiro atoms. The number of fused-ring (bicyclic) bond motifs is 1. The Bertz CT molecular complexity index is 877. The molecular formula is C17H16ClN3O2S. The van der Waals surface area contributed by atoms with E-state index in [-0.39, 0.29) is 11.7 Å². The molecule has 0 saturated heterocycles. The van der Waals surface area contributed by atoms with Gasteiger partial charge in [-0.15, -0.1) is 0 Å². The van der Waals surface area contributed by atoms with Crippen molar-refractivity contribution in [3.05, 3.63) is 47.5 Å². The molecule has 0 radical (unpaired) electrons. The first-order chi connectivity index (χ1) is 11.6. The summed E-state index contributed by atoms with van der Waals surface area (Å²) in [5.74, 6) is 0.938. The van der Waals surface area contributed by atoms with Crippen LogP contribution in [0.2, 0.25) is 5.02 Å². The van der Waals surface area contributed by atoms with Gasteiger partial charge in [-0.3, -0.25) is 4.79 Å². The van der Waals surface area contributed by atoms with Crippen molar-refractivity contribution < 1.29 is 9.53 Å². The number of amides is 1. The van der Waals surface area contributed by atoms with Gasteiger partial charge in [0.2, 0.25) is 5.91 Å². The number of imidazole rings is 1. The summed E-state index contributed by atoms with van der Waals surface area (Å²) in [6, 6.07) is 12.8. The van der Waals surface area contributed by atoms with Crippen LogP contribution in [0.25, 0.3) is 11.0 Å². The van der Waals surface area contributed by atoms with Crippen LogP contribution in [0.3, 0.4) is 0 Å². The number of carbonyl (C=O) groups is 1. The Morgan fingerprint density at radius 2 is 2.04 bits per heavy atom. The molecule has 0 unspecified atom stereocenters. The second-order valence-electron chi connectivity index (χ2n) is 5.15. The molecule has 2 aromatic carbocycles. The van der Waals surface area contributed by atoms with Crippen LogP contribution in [-0.2, 0) is 11.8 Å². The Kier molecular flexibility index (Phi) is 4.97. The smallest absolute Gasteiger partial charge is 0.234 e. The van der Waals surface area contributed by atoms with Crippen LogP contribution in [0.5, 0.6) is 5.75 Å². The predicted molar refractivity (Wildman–Crippen MR) is 98.1 cm³/mol. The average Bonchev–Trinajstić information content (AvgIpc) is 2.89. The van der Waals surface area contributed by atoms with Gasteiger partial charge >= 0.3 is 0 Å². The van der Waals surface area contributed by atoms with E-state index in [4.69, 9.17) is 16.3 Å². The lowest BCUT2D eigenvalue weighted by Gasteiger charge is -2.06. The van der Waals surface area contributed by atoms with Gasteiger partial charge in [0.25, 0.3) is 0 Å². The van der Waals surface area contributed by atoms with Gasteiger partial charge in [-0.05, 0) is 42.5 Å². The van der Waals surface area contributed by atoms with Gasteiger partial charge in [-0.25, -0.2) is 4.98 Å². The molecule has 7 heteroatoms. The van der Waals surface area contributed by atoms with Crippen LogP contribution >= 0.6 is 23.4 Å². The van der Waals surface area contributed by atoms with Gasteiger partial charge in [0, 0.05) is 17.8 Å². The second-order valence-corrected chi connectivity index (χ2v) is 6.53. The zero-order valence-electron chi connectivity index (χ0n) is 13.2. The molecule has 0 aliphatic rings. The minimum Gasteiger partial charge on any atom is -0.497 e. The van der Waals surface area contributed by atoms with Crippen molar-refractivity contribution >= 4 is 46.0 Å². The van der Waals surface area contributed by atoms with E-state index in [9.17, 15) is 4.79 Å². The zero-order valence-corrected chi connectivity index (χ0v) is 14.8. The predicted octanol–water partition coefficient (Wildman–Crippen LogP) is 3.97. The minimum absolute atomic E-state index is 0.0877. The maximum atomic E-state index is 12.1. The summed E-state index contributed by atoms with van der Waals surface area (Å²) in [5.41, 5.74) is 2.54. The largest absolute Gasteiger partial charge is 0.497 e.